The van der Waals surface area contributed by atoms with Gasteiger partial charge in [0, 0.05) is 58.4 Å². The van der Waals surface area contributed by atoms with Crippen LogP contribution in [0.5, 0.6) is 0 Å². The molecule has 2 aromatic rings. The molecule has 0 amide bonds. The Hall–Kier alpha value is -1.91. The fraction of sp³-hybridized carbons (Fsp3) is 0.478. The number of aliphatic hydroxyl groups excluding tert-OH is 1. The molecular formula is C23H35IN6O. The van der Waals surface area contributed by atoms with E-state index in [1.807, 2.05) is 36.5 Å². The molecular weight excluding hydrogens is 503 g/mol. The first-order valence-electron chi connectivity index (χ1n) is 10.8. The second-order valence-electron chi connectivity index (χ2n) is 7.54. The van der Waals surface area contributed by atoms with Crippen molar-refractivity contribution in [2.45, 2.75) is 19.4 Å². The zero-order chi connectivity index (χ0) is 21.2. The molecule has 0 aliphatic carbocycles. The van der Waals surface area contributed by atoms with E-state index in [9.17, 15) is 5.11 Å². The van der Waals surface area contributed by atoms with E-state index in [0.717, 1.165) is 49.7 Å². The first-order chi connectivity index (χ1) is 14.7. The summed E-state index contributed by atoms with van der Waals surface area (Å²) in [5, 5.41) is 16.4. The number of rotatable bonds is 8. The van der Waals surface area contributed by atoms with Crippen molar-refractivity contribution in [1.29, 1.82) is 0 Å². The predicted molar refractivity (Wildman–Crippen MR) is 138 cm³/mol. The Morgan fingerprint density at radius 2 is 1.84 bits per heavy atom. The van der Waals surface area contributed by atoms with Crippen molar-refractivity contribution in [3.05, 3.63) is 59.8 Å². The highest BCUT2D eigenvalue weighted by Gasteiger charge is 2.16. The largest absolute Gasteiger partial charge is 0.396 e. The van der Waals surface area contributed by atoms with Crippen molar-refractivity contribution < 1.29 is 5.11 Å². The molecule has 3 rings (SSSR count). The molecule has 0 saturated carbocycles. The van der Waals surface area contributed by atoms with E-state index in [-0.39, 0.29) is 36.5 Å². The fourth-order valence-corrected chi connectivity index (χ4v) is 3.64. The Morgan fingerprint density at radius 3 is 2.42 bits per heavy atom. The van der Waals surface area contributed by atoms with Crippen LogP contribution < -0.4 is 15.5 Å². The standard InChI is InChI=1S/C23H34N6O.HI/c1-3-28-11-13-29(14-12-28)22-10-9-19(15-25-22)16-26-23(24-2)27-17-21(18-30)20-7-5-4-6-8-20;/h4-10,15,21,30H,3,11-14,16-18H2,1-2H3,(H2,24,26,27);1H. The topological polar surface area (TPSA) is 76.0 Å². The van der Waals surface area contributed by atoms with Crippen LogP contribution in [0.1, 0.15) is 24.0 Å². The summed E-state index contributed by atoms with van der Waals surface area (Å²) in [6, 6.07) is 14.3. The zero-order valence-electron chi connectivity index (χ0n) is 18.5. The number of aliphatic imine (C=N–C) groups is 1. The van der Waals surface area contributed by atoms with Gasteiger partial charge < -0.3 is 25.5 Å². The monoisotopic (exact) mass is 538 g/mol. The summed E-state index contributed by atoms with van der Waals surface area (Å²) in [6.07, 6.45) is 1.93. The van der Waals surface area contributed by atoms with Crippen LogP contribution in [0.4, 0.5) is 5.82 Å². The van der Waals surface area contributed by atoms with E-state index in [2.05, 4.69) is 49.5 Å². The summed E-state index contributed by atoms with van der Waals surface area (Å²) in [4.78, 5) is 13.8. The van der Waals surface area contributed by atoms with Crippen LogP contribution in [-0.4, -0.2) is 73.9 Å². The molecule has 31 heavy (non-hydrogen) atoms. The van der Waals surface area contributed by atoms with Gasteiger partial charge in [0.25, 0.3) is 0 Å². The number of nitrogens with zero attached hydrogens (tertiary/aromatic N) is 4. The average Bonchev–Trinajstić information content (AvgIpc) is 2.82. The van der Waals surface area contributed by atoms with Crippen LogP contribution in [0, 0.1) is 0 Å². The van der Waals surface area contributed by atoms with E-state index in [0.29, 0.717) is 19.0 Å². The van der Waals surface area contributed by atoms with Crippen LogP contribution in [-0.2, 0) is 6.54 Å². The number of anilines is 1. The van der Waals surface area contributed by atoms with Crippen molar-refractivity contribution in [2.75, 3.05) is 57.8 Å². The third-order valence-corrected chi connectivity index (χ3v) is 5.64. The lowest BCUT2D eigenvalue weighted by Crippen LogP contribution is -2.46. The fourth-order valence-electron chi connectivity index (χ4n) is 3.64. The van der Waals surface area contributed by atoms with Gasteiger partial charge >= 0.3 is 0 Å². The number of piperazine rings is 1. The highest BCUT2D eigenvalue weighted by molar-refractivity contribution is 14.0. The van der Waals surface area contributed by atoms with Gasteiger partial charge in [0.1, 0.15) is 5.82 Å². The Kier molecular flexibility index (Phi) is 11.0. The Morgan fingerprint density at radius 1 is 1.10 bits per heavy atom. The van der Waals surface area contributed by atoms with Crippen molar-refractivity contribution in [2.24, 2.45) is 4.99 Å². The molecule has 0 radical (unpaired) electrons. The number of hydrogen-bond donors (Lipinski definition) is 3. The zero-order valence-corrected chi connectivity index (χ0v) is 20.8. The molecule has 1 aliphatic heterocycles. The van der Waals surface area contributed by atoms with E-state index in [4.69, 9.17) is 0 Å². The number of nitrogens with one attached hydrogen (secondary N) is 2. The van der Waals surface area contributed by atoms with Crippen molar-refractivity contribution >= 4 is 35.8 Å². The van der Waals surface area contributed by atoms with Gasteiger partial charge in [-0.15, -0.1) is 24.0 Å². The quantitative estimate of drug-likeness (QED) is 0.272. The lowest BCUT2D eigenvalue weighted by Gasteiger charge is -2.34. The first-order valence-corrected chi connectivity index (χ1v) is 10.8. The van der Waals surface area contributed by atoms with Crippen LogP contribution in [0.15, 0.2) is 53.7 Å². The molecule has 2 heterocycles. The van der Waals surface area contributed by atoms with E-state index >= 15 is 0 Å². The van der Waals surface area contributed by atoms with Gasteiger partial charge in [-0.1, -0.05) is 43.3 Å². The highest BCUT2D eigenvalue weighted by Crippen LogP contribution is 2.15. The molecule has 170 valence electrons. The van der Waals surface area contributed by atoms with E-state index in [1.54, 1.807) is 7.05 Å². The number of halogens is 1. The van der Waals surface area contributed by atoms with Gasteiger partial charge in [0.05, 0.1) is 6.61 Å². The van der Waals surface area contributed by atoms with Gasteiger partial charge in [-0.3, -0.25) is 4.99 Å². The van der Waals surface area contributed by atoms with Crippen molar-refractivity contribution in [3.63, 3.8) is 0 Å². The molecule has 0 spiro atoms. The molecule has 1 atom stereocenters. The lowest BCUT2D eigenvalue weighted by atomic mass is 10.0. The highest BCUT2D eigenvalue weighted by atomic mass is 127. The van der Waals surface area contributed by atoms with Crippen molar-refractivity contribution in [3.8, 4) is 0 Å². The van der Waals surface area contributed by atoms with Crippen LogP contribution in [0.3, 0.4) is 0 Å². The second kappa shape index (κ2) is 13.5. The normalized spacial score (nSPS) is 15.8. The minimum atomic E-state index is 0. The first kappa shape index (κ1) is 25.4. The molecule has 1 aromatic carbocycles. The SMILES string of the molecule is CCN1CCN(c2ccc(CNC(=NC)NCC(CO)c3ccccc3)cn2)CC1.I. The molecule has 3 N–H and O–H groups in total. The third-order valence-electron chi connectivity index (χ3n) is 5.64. The van der Waals surface area contributed by atoms with Crippen molar-refractivity contribution in [1.82, 2.24) is 20.5 Å². The number of benzene rings is 1. The minimum absolute atomic E-state index is 0. The summed E-state index contributed by atoms with van der Waals surface area (Å²) in [5.74, 6) is 1.79. The van der Waals surface area contributed by atoms with Crippen LogP contribution >= 0.6 is 24.0 Å². The molecule has 1 saturated heterocycles. The molecule has 8 heteroatoms. The maximum atomic E-state index is 9.72. The number of guanidine groups is 1. The third kappa shape index (κ3) is 7.62. The van der Waals surface area contributed by atoms with Gasteiger partial charge in [-0.2, -0.15) is 0 Å². The Bertz CT molecular complexity index is 778. The Labute approximate surface area is 203 Å². The van der Waals surface area contributed by atoms with E-state index in [1.165, 1.54) is 0 Å². The molecule has 7 nitrogen and oxygen atoms in total. The summed E-state index contributed by atoms with van der Waals surface area (Å²) in [5.41, 5.74) is 2.22. The number of aromatic nitrogens is 1. The number of pyridine rings is 1. The Balaban J connectivity index is 0.00000341. The molecule has 1 aromatic heterocycles. The smallest absolute Gasteiger partial charge is 0.191 e. The maximum Gasteiger partial charge on any atom is 0.191 e. The summed E-state index contributed by atoms with van der Waals surface area (Å²) >= 11 is 0. The summed E-state index contributed by atoms with van der Waals surface area (Å²) in [6.45, 7) is 8.93. The maximum absolute atomic E-state index is 9.72. The molecule has 1 unspecified atom stereocenters. The van der Waals surface area contributed by atoms with Crippen LogP contribution in [0.2, 0.25) is 0 Å². The summed E-state index contributed by atoms with van der Waals surface area (Å²) < 4.78 is 0. The second-order valence-corrected chi connectivity index (χ2v) is 7.54. The molecule has 1 aliphatic rings. The lowest BCUT2D eigenvalue weighted by molar-refractivity contribution is 0.265. The average molecular weight is 538 g/mol. The number of likely N-dealkylation sites (N-methyl/N-ethyl adjacent to an activating group) is 1. The van der Waals surface area contributed by atoms with Gasteiger partial charge in [0.2, 0.25) is 0 Å². The molecule has 0 bridgehead atoms. The van der Waals surface area contributed by atoms with E-state index < -0.39 is 0 Å². The predicted octanol–water partition coefficient (Wildman–Crippen LogP) is 2.28. The van der Waals surface area contributed by atoms with Gasteiger partial charge in [0.15, 0.2) is 5.96 Å². The number of aliphatic hydroxyl groups is 1. The van der Waals surface area contributed by atoms with Crippen LogP contribution in [0.25, 0.3) is 0 Å². The van der Waals surface area contributed by atoms with Gasteiger partial charge in [-0.05, 0) is 23.7 Å². The number of hydrogen-bond acceptors (Lipinski definition) is 5. The summed E-state index contributed by atoms with van der Waals surface area (Å²) in [7, 11) is 1.75. The van der Waals surface area contributed by atoms with Gasteiger partial charge in [-0.25, -0.2) is 4.98 Å². The minimum Gasteiger partial charge on any atom is -0.396 e. The molecule has 1 fully saturated rings.